The molecule has 0 radical (unpaired) electrons. The topological polar surface area (TPSA) is 29.6 Å². The van der Waals surface area contributed by atoms with Gasteiger partial charge in [0.25, 0.3) is 0 Å². The van der Waals surface area contributed by atoms with E-state index in [9.17, 15) is 0 Å². The highest BCUT2D eigenvalue weighted by Gasteiger charge is 2.28. The van der Waals surface area contributed by atoms with Gasteiger partial charge in [0.05, 0.1) is 71.9 Å². The maximum absolute atomic E-state index is 2.53. The molecular formula is C134H82N6S3. The molecule has 9 aromatic heterocycles. The van der Waals surface area contributed by atoms with Crippen LogP contribution in [0.4, 0.5) is 0 Å². The fraction of sp³-hybridized carbons (Fsp3) is 0. The van der Waals surface area contributed by atoms with Gasteiger partial charge in [0.2, 0.25) is 0 Å². The molecule has 666 valence electrons. The van der Waals surface area contributed by atoms with Crippen molar-refractivity contribution in [3.63, 3.8) is 0 Å². The average molecular weight is 1870 g/mol. The van der Waals surface area contributed by atoms with Crippen LogP contribution in [0.2, 0.25) is 0 Å². The maximum Gasteiger partial charge on any atom is 0.0634 e. The van der Waals surface area contributed by atoms with Crippen LogP contribution in [0.15, 0.2) is 497 Å². The molecule has 0 atom stereocenters. The third-order valence-corrected chi connectivity index (χ3v) is 33.2. The van der Waals surface area contributed by atoms with Crippen molar-refractivity contribution in [2.24, 2.45) is 0 Å². The molecule has 0 spiro atoms. The summed E-state index contributed by atoms with van der Waals surface area (Å²) in [7, 11) is 0. The van der Waals surface area contributed by atoms with E-state index >= 15 is 0 Å². The first-order chi connectivity index (χ1) is 71.0. The van der Waals surface area contributed by atoms with Crippen molar-refractivity contribution in [1.82, 2.24) is 27.4 Å². The number of thiophene rings is 3. The lowest BCUT2D eigenvalue weighted by Crippen LogP contribution is -1.97. The van der Waals surface area contributed by atoms with Gasteiger partial charge in [-0.2, -0.15) is 0 Å². The summed E-state index contributed by atoms with van der Waals surface area (Å²) >= 11 is 5.64. The van der Waals surface area contributed by atoms with Crippen LogP contribution in [0, 0.1) is 0 Å². The van der Waals surface area contributed by atoms with Gasteiger partial charge in [-0.05, 0) is 207 Å². The van der Waals surface area contributed by atoms with Crippen LogP contribution < -0.4 is 0 Å². The van der Waals surface area contributed by atoms with E-state index in [-0.39, 0.29) is 0 Å². The maximum atomic E-state index is 2.53. The highest BCUT2D eigenvalue weighted by molar-refractivity contribution is 7.27. The van der Waals surface area contributed by atoms with Crippen molar-refractivity contribution in [2.45, 2.75) is 0 Å². The summed E-state index contributed by atoms with van der Waals surface area (Å²) < 4.78 is 22.8. The second-order valence-corrected chi connectivity index (χ2v) is 40.9. The summed E-state index contributed by atoms with van der Waals surface area (Å²) in [6, 6.07) is 182. The van der Waals surface area contributed by atoms with Gasteiger partial charge >= 0.3 is 0 Å². The smallest absolute Gasteiger partial charge is 0.0634 e. The van der Waals surface area contributed by atoms with Crippen LogP contribution >= 0.6 is 34.0 Å². The molecule has 0 unspecified atom stereocenters. The lowest BCUT2D eigenvalue weighted by Gasteiger charge is -2.15. The zero-order chi connectivity index (χ0) is 93.6. The highest BCUT2D eigenvalue weighted by atomic mass is 32.1. The fourth-order valence-electron chi connectivity index (χ4n) is 23.7. The van der Waals surface area contributed by atoms with Crippen molar-refractivity contribution in [1.29, 1.82) is 0 Å². The van der Waals surface area contributed by atoms with Crippen LogP contribution in [-0.2, 0) is 0 Å². The normalized spacial score (nSPS) is 12.1. The molecule has 0 aliphatic heterocycles. The molecule has 0 saturated carbocycles. The molecule has 143 heavy (non-hydrogen) atoms. The third kappa shape index (κ3) is 12.6. The quantitative estimate of drug-likeness (QED) is 0.129. The molecular weight excluding hydrogens is 1790 g/mol. The summed E-state index contributed by atoms with van der Waals surface area (Å²) in [6.45, 7) is 0. The lowest BCUT2D eigenvalue weighted by molar-refractivity contribution is 1.17. The first-order valence-corrected chi connectivity index (χ1v) is 51.4. The standard InChI is InChI=1S/C48H30N2S.C44H26N2S.C42H26N2S/c1-3-13-31(14-4-1)33-17-11-19-35(27-33)49-42-23-9-7-21-37(42)40-29-41-38-25-26-46-47(39-22-8-10-24-45(39)51-46)48(38)50(44(41)30-43(40)49)36-20-12-18-34(28-36)32-15-5-2-6-16-32;1-2-13-28(14-3-1)45-39-26-40-35(25-36(39)33-22-23-42-43(44(33)45)34-19-9-11-21-41(34)47-42)32-18-8-10-20-37(32)46(40)38-24-27-12-4-5-15-29(27)30-16-6-7-17-31(30)38;1-3-12-27(13-4-1)28-14-11-17-30(24-28)44-38-26-37-34(31-18-7-9-20-36(31)43(37)29-15-5-2-6-16-29)25-35(38)32-22-23-40-41(42(32)44)33-19-8-10-21-39(33)45-40/h1-30H;1-26H;1-26H. The van der Waals surface area contributed by atoms with E-state index in [0.29, 0.717) is 0 Å². The number of hydrogen-bond acceptors (Lipinski definition) is 3. The number of nitrogens with zero attached hydrogens (tertiary/aromatic N) is 6. The van der Waals surface area contributed by atoms with Crippen molar-refractivity contribution in [2.75, 3.05) is 0 Å². The molecule has 0 fully saturated rings. The summed E-state index contributed by atoms with van der Waals surface area (Å²) in [5.74, 6) is 0. The fourth-order valence-corrected chi connectivity index (χ4v) is 27.0. The van der Waals surface area contributed by atoms with E-state index in [4.69, 9.17) is 0 Å². The molecule has 0 bridgehead atoms. The van der Waals surface area contributed by atoms with Crippen molar-refractivity contribution in [3.8, 4) is 67.5 Å². The third-order valence-electron chi connectivity index (χ3n) is 29.8. The Morgan fingerprint density at radius 3 is 0.790 bits per heavy atom. The average Bonchev–Trinajstić information content (AvgIpc) is 1.55. The molecule has 9 heterocycles. The lowest BCUT2D eigenvalue weighted by atomic mass is 10.00. The van der Waals surface area contributed by atoms with Gasteiger partial charge in [-0.25, -0.2) is 0 Å². The van der Waals surface area contributed by atoms with Gasteiger partial charge in [-0.3, -0.25) is 0 Å². The minimum Gasteiger partial charge on any atom is -0.309 e. The van der Waals surface area contributed by atoms with Crippen LogP contribution in [0.3, 0.4) is 0 Å². The molecule has 0 aliphatic carbocycles. The summed E-state index contributed by atoms with van der Waals surface area (Å²) in [4.78, 5) is 0. The van der Waals surface area contributed by atoms with E-state index < -0.39 is 0 Å². The molecule has 0 saturated heterocycles. The second kappa shape index (κ2) is 32.3. The Hall–Kier alpha value is -18.0. The number of benzene rings is 23. The molecule has 0 amide bonds. The number of rotatable bonds is 9. The van der Waals surface area contributed by atoms with Crippen LogP contribution in [0.5, 0.6) is 0 Å². The largest absolute Gasteiger partial charge is 0.309 e. The first kappa shape index (κ1) is 81.1. The molecule has 9 heteroatoms. The minimum absolute atomic E-state index is 1.15. The monoisotopic (exact) mass is 1870 g/mol. The van der Waals surface area contributed by atoms with Crippen LogP contribution in [0.1, 0.15) is 0 Å². The molecule has 0 aliphatic rings. The number of aromatic nitrogens is 6. The SMILES string of the molecule is c1ccc(-c2cccc(-n3c4cc5c(cc4c4ccc6sc7ccccc7c6c43)c3ccccc3n5-c3ccccc3)c2)cc1.c1ccc(-c2cccc(-n3c4ccccc4c4cc5c6ccc7sc8ccccc8c7c6n(-c6cccc(-c7ccccc7)c6)c5cc43)c2)cc1.c1ccc(-n2c3cc4c(cc3c3ccc5sc6ccccc6c5c32)c2ccccc2n4-c2cc3ccccc3c3ccccc23)cc1. The van der Waals surface area contributed by atoms with Crippen LogP contribution in [0.25, 0.3) is 280 Å². The summed E-state index contributed by atoms with van der Waals surface area (Å²) in [5.41, 5.74) is 29.0. The van der Waals surface area contributed by atoms with Gasteiger partial charge in [-0.15, -0.1) is 34.0 Å². The van der Waals surface area contributed by atoms with Gasteiger partial charge < -0.3 is 27.4 Å². The van der Waals surface area contributed by atoms with Crippen molar-refractivity contribution < 1.29 is 0 Å². The Bertz CT molecular complexity index is 10900. The molecule has 32 aromatic rings. The van der Waals surface area contributed by atoms with E-state index in [2.05, 4.69) is 525 Å². The predicted octanol–water partition coefficient (Wildman–Crippen LogP) is 38.1. The molecule has 23 aromatic carbocycles. The van der Waals surface area contributed by atoms with E-state index in [1.165, 1.54) is 269 Å². The molecule has 32 rings (SSSR count). The Labute approximate surface area is 832 Å². The number of para-hydroxylation sites is 5. The van der Waals surface area contributed by atoms with E-state index in [1.807, 2.05) is 34.0 Å². The first-order valence-electron chi connectivity index (χ1n) is 48.9. The van der Waals surface area contributed by atoms with Gasteiger partial charge in [0, 0.05) is 159 Å². The van der Waals surface area contributed by atoms with Gasteiger partial charge in [-0.1, -0.05) is 340 Å². The molecule has 6 nitrogen and oxygen atoms in total. The second-order valence-electron chi connectivity index (χ2n) is 37.6. The van der Waals surface area contributed by atoms with Crippen LogP contribution in [-0.4, -0.2) is 27.4 Å². The van der Waals surface area contributed by atoms with Gasteiger partial charge in [0.1, 0.15) is 0 Å². The van der Waals surface area contributed by atoms with Crippen molar-refractivity contribution in [3.05, 3.63) is 497 Å². The highest BCUT2D eigenvalue weighted by Crippen LogP contribution is 2.52. The predicted molar refractivity (Wildman–Crippen MR) is 615 cm³/mol. The minimum atomic E-state index is 1.15. The van der Waals surface area contributed by atoms with E-state index in [1.54, 1.807) is 0 Å². The summed E-state index contributed by atoms with van der Waals surface area (Å²) in [5, 5.41) is 28.2. The number of fused-ring (bicyclic) bond motifs is 33. The Kier molecular flexibility index (Phi) is 18.3. The Balaban J connectivity index is 0.000000100. The number of hydrogen-bond donors (Lipinski definition) is 0. The van der Waals surface area contributed by atoms with Gasteiger partial charge in [0.15, 0.2) is 0 Å². The Morgan fingerprint density at radius 2 is 0.392 bits per heavy atom. The zero-order valence-electron chi connectivity index (χ0n) is 77.3. The zero-order valence-corrected chi connectivity index (χ0v) is 79.7. The summed E-state index contributed by atoms with van der Waals surface area (Å²) in [6.07, 6.45) is 0. The van der Waals surface area contributed by atoms with Crippen molar-refractivity contribution >= 4 is 247 Å². The Morgan fingerprint density at radius 1 is 0.126 bits per heavy atom. The van der Waals surface area contributed by atoms with E-state index in [0.717, 1.165) is 11.4 Å². The molecule has 0 N–H and O–H groups in total.